The van der Waals surface area contributed by atoms with Crippen molar-refractivity contribution in [2.45, 2.75) is 52.6 Å². The molecule has 0 N–H and O–H groups in total. The summed E-state index contributed by atoms with van der Waals surface area (Å²) in [5, 5.41) is 0. The van der Waals surface area contributed by atoms with Gasteiger partial charge in [-0.1, -0.05) is 11.6 Å². The molecular formula is C13H26O4S. The van der Waals surface area contributed by atoms with E-state index in [0.717, 1.165) is 25.7 Å². The molecule has 0 aromatic heterocycles. The van der Waals surface area contributed by atoms with Gasteiger partial charge in [0.15, 0.2) is 0 Å². The topological polar surface area (TPSA) is 52.6 Å². The van der Waals surface area contributed by atoms with Gasteiger partial charge in [0, 0.05) is 6.61 Å². The predicted molar refractivity (Wildman–Crippen MR) is 74.1 cm³/mol. The molecule has 18 heavy (non-hydrogen) atoms. The van der Waals surface area contributed by atoms with Crippen molar-refractivity contribution in [1.29, 1.82) is 0 Å². The zero-order valence-electron chi connectivity index (χ0n) is 12.2. The summed E-state index contributed by atoms with van der Waals surface area (Å²) < 4.78 is 31.7. The highest BCUT2D eigenvalue weighted by Crippen LogP contribution is 2.10. The number of ether oxygens (including phenoxy) is 1. The Morgan fingerprint density at radius 2 is 1.83 bits per heavy atom. The second-order valence-corrected chi connectivity index (χ2v) is 7.07. The van der Waals surface area contributed by atoms with Crippen molar-refractivity contribution in [2.75, 3.05) is 19.5 Å². The fourth-order valence-electron chi connectivity index (χ4n) is 1.34. The quantitative estimate of drug-likeness (QED) is 0.389. The predicted octanol–water partition coefficient (Wildman–Crippen LogP) is 2.89. The van der Waals surface area contributed by atoms with Crippen molar-refractivity contribution >= 4 is 10.1 Å². The van der Waals surface area contributed by atoms with Crippen molar-refractivity contribution < 1.29 is 17.3 Å². The van der Waals surface area contributed by atoms with E-state index in [1.165, 1.54) is 5.57 Å². The van der Waals surface area contributed by atoms with Gasteiger partial charge in [-0.2, -0.15) is 8.42 Å². The molecule has 0 unspecified atom stereocenters. The summed E-state index contributed by atoms with van der Waals surface area (Å²) in [6.45, 7) is 9.12. The highest BCUT2D eigenvalue weighted by molar-refractivity contribution is 7.85. The first kappa shape index (κ1) is 17.6. The van der Waals surface area contributed by atoms with Gasteiger partial charge in [-0.25, -0.2) is 0 Å². The van der Waals surface area contributed by atoms with Gasteiger partial charge in [0.1, 0.15) is 0 Å². The second-order valence-electron chi connectivity index (χ2n) is 5.43. The van der Waals surface area contributed by atoms with Crippen molar-refractivity contribution in [3.05, 3.63) is 11.6 Å². The first-order valence-electron chi connectivity index (χ1n) is 6.24. The molecule has 0 aliphatic rings. The largest absolute Gasteiger partial charge is 0.376 e. The van der Waals surface area contributed by atoms with E-state index in [1.54, 1.807) is 0 Å². The molecule has 0 aliphatic heterocycles. The van der Waals surface area contributed by atoms with E-state index in [0.29, 0.717) is 6.42 Å². The summed E-state index contributed by atoms with van der Waals surface area (Å²) in [6, 6.07) is 0. The highest BCUT2D eigenvalue weighted by atomic mass is 32.2. The Kier molecular flexibility index (Phi) is 7.75. The van der Waals surface area contributed by atoms with E-state index in [2.05, 4.69) is 4.18 Å². The molecule has 0 saturated carbocycles. The Hall–Kier alpha value is -0.390. The van der Waals surface area contributed by atoms with E-state index in [4.69, 9.17) is 4.74 Å². The van der Waals surface area contributed by atoms with E-state index >= 15 is 0 Å². The van der Waals surface area contributed by atoms with Crippen LogP contribution in [0.15, 0.2) is 11.6 Å². The lowest BCUT2D eigenvalue weighted by Gasteiger charge is -2.19. The molecule has 0 aliphatic carbocycles. The normalized spacial score (nSPS) is 13.9. The van der Waals surface area contributed by atoms with Gasteiger partial charge in [0.05, 0.1) is 18.5 Å². The maximum absolute atomic E-state index is 10.7. The van der Waals surface area contributed by atoms with Crippen LogP contribution in [0.25, 0.3) is 0 Å². The Labute approximate surface area is 111 Å². The summed E-state index contributed by atoms with van der Waals surface area (Å²) in [4.78, 5) is 0. The SMILES string of the molecule is C/C(=C\CCOS(C)(=O)=O)CCCOC(C)(C)C. The van der Waals surface area contributed by atoms with Gasteiger partial charge in [0.25, 0.3) is 10.1 Å². The van der Waals surface area contributed by atoms with Gasteiger partial charge in [-0.3, -0.25) is 4.18 Å². The van der Waals surface area contributed by atoms with E-state index in [-0.39, 0.29) is 12.2 Å². The summed E-state index contributed by atoms with van der Waals surface area (Å²) in [7, 11) is -3.31. The van der Waals surface area contributed by atoms with Crippen LogP contribution >= 0.6 is 0 Å². The molecule has 0 aromatic carbocycles. The van der Waals surface area contributed by atoms with Crippen LogP contribution in [0.2, 0.25) is 0 Å². The molecule has 0 rings (SSSR count). The summed E-state index contributed by atoms with van der Waals surface area (Å²) in [6.07, 6.45) is 5.65. The molecule has 0 amide bonds. The van der Waals surface area contributed by atoms with E-state index < -0.39 is 10.1 Å². The summed E-state index contributed by atoms with van der Waals surface area (Å²) in [5.41, 5.74) is 1.16. The molecule has 0 aromatic rings. The highest BCUT2D eigenvalue weighted by Gasteiger charge is 2.08. The monoisotopic (exact) mass is 278 g/mol. The van der Waals surface area contributed by atoms with Gasteiger partial charge in [-0.05, 0) is 47.0 Å². The Morgan fingerprint density at radius 1 is 1.22 bits per heavy atom. The lowest BCUT2D eigenvalue weighted by atomic mass is 10.1. The fraction of sp³-hybridized carbons (Fsp3) is 0.846. The zero-order chi connectivity index (χ0) is 14.2. The fourth-order valence-corrected chi connectivity index (χ4v) is 1.74. The first-order valence-corrected chi connectivity index (χ1v) is 8.06. The van der Waals surface area contributed by atoms with E-state index in [9.17, 15) is 8.42 Å². The average molecular weight is 278 g/mol. The molecule has 0 fully saturated rings. The Morgan fingerprint density at radius 3 is 2.33 bits per heavy atom. The zero-order valence-corrected chi connectivity index (χ0v) is 13.0. The minimum atomic E-state index is -3.31. The number of hydrogen-bond acceptors (Lipinski definition) is 4. The molecule has 0 heterocycles. The first-order chi connectivity index (χ1) is 8.10. The molecule has 0 saturated heterocycles. The van der Waals surface area contributed by atoms with Crippen LogP contribution in [0, 0.1) is 0 Å². The molecule has 5 heteroatoms. The lowest BCUT2D eigenvalue weighted by Crippen LogP contribution is -2.19. The summed E-state index contributed by atoms with van der Waals surface area (Å²) in [5.74, 6) is 0. The third-order valence-corrected chi connectivity index (χ3v) is 2.75. The van der Waals surface area contributed by atoms with Gasteiger partial charge in [-0.15, -0.1) is 0 Å². The van der Waals surface area contributed by atoms with Crippen molar-refractivity contribution in [3.8, 4) is 0 Å². The molecule has 0 atom stereocenters. The second kappa shape index (κ2) is 7.92. The lowest BCUT2D eigenvalue weighted by molar-refractivity contribution is -0.00384. The third kappa shape index (κ3) is 13.7. The van der Waals surface area contributed by atoms with E-state index in [1.807, 2.05) is 33.8 Å². The minimum Gasteiger partial charge on any atom is -0.376 e. The number of rotatable bonds is 8. The standard InChI is InChI=1S/C13H26O4S/c1-12(8-6-10-16-13(2,3)4)9-7-11-17-18(5,14)15/h9H,6-8,10-11H2,1-5H3/b12-9+. The van der Waals surface area contributed by atoms with Crippen LogP contribution in [-0.2, 0) is 19.0 Å². The van der Waals surface area contributed by atoms with Gasteiger partial charge in [0.2, 0.25) is 0 Å². The Bertz CT molecular complexity index is 350. The van der Waals surface area contributed by atoms with Crippen molar-refractivity contribution in [1.82, 2.24) is 0 Å². The van der Waals surface area contributed by atoms with Crippen LogP contribution in [0.5, 0.6) is 0 Å². The Balaban J connectivity index is 3.66. The summed E-state index contributed by atoms with van der Waals surface area (Å²) >= 11 is 0. The average Bonchev–Trinajstić information content (AvgIpc) is 2.17. The third-order valence-electron chi connectivity index (χ3n) is 2.16. The van der Waals surface area contributed by atoms with Crippen LogP contribution in [0.4, 0.5) is 0 Å². The van der Waals surface area contributed by atoms with Crippen LogP contribution < -0.4 is 0 Å². The van der Waals surface area contributed by atoms with Crippen LogP contribution in [0.1, 0.15) is 47.0 Å². The van der Waals surface area contributed by atoms with Gasteiger partial charge < -0.3 is 4.74 Å². The maximum atomic E-state index is 10.7. The molecule has 0 spiro atoms. The van der Waals surface area contributed by atoms with Crippen molar-refractivity contribution in [3.63, 3.8) is 0 Å². The number of hydrogen-bond donors (Lipinski definition) is 0. The van der Waals surface area contributed by atoms with Crippen LogP contribution in [0.3, 0.4) is 0 Å². The molecule has 0 radical (unpaired) electrons. The maximum Gasteiger partial charge on any atom is 0.264 e. The molecule has 108 valence electrons. The van der Waals surface area contributed by atoms with Crippen LogP contribution in [-0.4, -0.2) is 33.5 Å². The van der Waals surface area contributed by atoms with Crippen molar-refractivity contribution in [2.24, 2.45) is 0 Å². The smallest absolute Gasteiger partial charge is 0.264 e. The van der Waals surface area contributed by atoms with Gasteiger partial charge >= 0.3 is 0 Å². The minimum absolute atomic E-state index is 0.0824. The number of allylic oxidation sites excluding steroid dienone is 1. The molecule has 4 nitrogen and oxygen atoms in total. The molecular weight excluding hydrogens is 252 g/mol. The molecule has 0 bridgehead atoms.